The van der Waals surface area contributed by atoms with Crippen molar-refractivity contribution in [3.8, 4) is 0 Å². The van der Waals surface area contributed by atoms with Crippen LogP contribution in [-0.2, 0) is 19.6 Å². The van der Waals surface area contributed by atoms with E-state index in [1.165, 1.54) is 18.5 Å². The van der Waals surface area contributed by atoms with E-state index in [0.717, 1.165) is 18.4 Å². The molecule has 2 aromatic rings. The molecule has 2 rings (SSSR count). The van der Waals surface area contributed by atoms with Crippen molar-refractivity contribution >= 4 is 52.4 Å². The van der Waals surface area contributed by atoms with Crippen LogP contribution in [0, 0.1) is 11.8 Å². The second kappa shape index (κ2) is 12.5. The number of aldehydes is 1. The Morgan fingerprint density at radius 1 is 1.14 bits per heavy atom. The van der Waals surface area contributed by atoms with Crippen LogP contribution in [0.2, 0.25) is 5.15 Å². The molecule has 0 saturated heterocycles. The second-order valence-corrected chi connectivity index (χ2v) is 11.0. The quantitative estimate of drug-likeness (QED) is 0.279. The van der Waals surface area contributed by atoms with Gasteiger partial charge in [-0.2, -0.15) is 12.6 Å². The number of rotatable bonds is 12. The van der Waals surface area contributed by atoms with E-state index >= 15 is 0 Å². The maximum absolute atomic E-state index is 12.7. The Bertz CT molecular complexity index is 1150. The molecule has 2 amide bonds. The van der Waals surface area contributed by atoms with Gasteiger partial charge < -0.3 is 9.88 Å². The van der Waals surface area contributed by atoms with E-state index < -0.39 is 33.6 Å². The molecule has 0 aliphatic rings. The van der Waals surface area contributed by atoms with Gasteiger partial charge >= 0.3 is 0 Å². The molecule has 35 heavy (non-hydrogen) atoms. The molecule has 4 atom stereocenters. The zero-order chi connectivity index (χ0) is 26.3. The van der Waals surface area contributed by atoms with E-state index in [9.17, 15) is 22.8 Å². The molecule has 4 unspecified atom stereocenters. The highest BCUT2D eigenvalue weighted by molar-refractivity contribution is 7.90. The van der Waals surface area contributed by atoms with Gasteiger partial charge in [-0.1, -0.05) is 64.3 Å². The van der Waals surface area contributed by atoms with Gasteiger partial charge in [-0.25, -0.2) is 18.1 Å². The van der Waals surface area contributed by atoms with E-state index in [1.807, 2.05) is 32.4 Å². The number of aromatic nitrogens is 2. The highest BCUT2D eigenvalue weighted by atomic mass is 35.5. The number of sulfonamides is 1. The van der Waals surface area contributed by atoms with Crippen LogP contribution in [0.3, 0.4) is 0 Å². The largest absolute Gasteiger partial charge is 0.346 e. The average molecular weight is 543 g/mol. The Balaban J connectivity index is 2.17. The summed E-state index contributed by atoms with van der Waals surface area (Å²) in [5, 5.41) is 1.90. The number of hydrogen-bond acceptors (Lipinski definition) is 7. The zero-order valence-electron chi connectivity index (χ0n) is 20.1. The van der Waals surface area contributed by atoms with Gasteiger partial charge in [0.15, 0.2) is 11.4 Å². The third-order valence-electron chi connectivity index (χ3n) is 6.03. The van der Waals surface area contributed by atoms with E-state index in [2.05, 4.69) is 22.9 Å². The summed E-state index contributed by atoms with van der Waals surface area (Å²) < 4.78 is 29.0. The van der Waals surface area contributed by atoms with Gasteiger partial charge in [0.25, 0.3) is 15.9 Å². The monoisotopic (exact) mass is 542 g/mol. The summed E-state index contributed by atoms with van der Waals surface area (Å²) >= 11 is 10.3. The number of benzene rings is 1. The van der Waals surface area contributed by atoms with Crippen molar-refractivity contribution in [1.29, 1.82) is 0 Å². The minimum Gasteiger partial charge on any atom is -0.346 e. The molecule has 192 valence electrons. The number of carbonyl (C=O) groups excluding carboxylic acids is 3. The summed E-state index contributed by atoms with van der Waals surface area (Å²) in [6.45, 7) is 7.29. The number of halogens is 1. The lowest BCUT2D eigenvalue weighted by Crippen LogP contribution is -2.43. The molecule has 0 aliphatic heterocycles. The van der Waals surface area contributed by atoms with Crippen LogP contribution in [0.1, 0.15) is 62.6 Å². The molecule has 0 bridgehead atoms. The third kappa shape index (κ3) is 7.08. The molecule has 2 N–H and O–H groups in total. The normalized spacial score (nSPS) is 15.0. The second-order valence-electron chi connectivity index (χ2n) is 8.42. The van der Waals surface area contributed by atoms with Crippen molar-refractivity contribution in [1.82, 2.24) is 19.6 Å². The van der Waals surface area contributed by atoms with Crippen LogP contribution in [0.5, 0.6) is 0 Å². The van der Waals surface area contributed by atoms with Crippen molar-refractivity contribution in [2.24, 2.45) is 11.8 Å². The Morgan fingerprint density at radius 2 is 1.74 bits per heavy atom. The molecule has 9 nitrogen and oxygen atoms in total. The first-order chi connectivity index (χ1) is 16.5. The molecule has 12 heteroatoms. The highest BCUT2D eigenvalue weighted by Gasteiger charge is 2.26. The summed E-state index contributed by atoms with van der Waals surface area (Å²) in [4.78, 5) is 39.7. The predicted molar refractivity (Wildman–Crippen MR) is 137 cm³/mol. The number of carbonyl (C=O) groups is 3. The summed E-state index contributed by atoms with van der Waals surface area (Å²) in [5.41, 5.74) is 0.985. The van der Waals surface area contributed by atoms with Gasteiger partial charge in [-0.15, -0.1) is 0 Å². The third-order valence-corrected chi connectivity index (χ3v) is 8.46. The molecule has 0 aliphatic carbocycles. The number of nitrogens with one attached hydrogen (secondary N) is 2. The first kappa shape index (κ1) is 28.9. The SMILES string of the molecule is CCC(C)C(S)C(=O)NCC(=O)NS(=O)(=O)c1ccc(C(C(C)CC)n2cnc(Cl)c2C=O)cc1. The molecule has 1 heterocycles. The van der Waals surface area contributed by atoms with Crippen LogP contribution >= 0.6 is 24.2 Å². The fourth-order valence-electron chi connectivity index (χ4n) is 3.51. The first-order valence-corrected chi connectivity index (χ1v) is 13.6. The summed E-state index contributed by atoms with van der Waals surface area (Å²) in [7, 11) is -4.16. The van der Waals surface area contributed by atoms with Gasteiger partial charge in [0.2, 0.25) is 5.91 Å². The molecule has 0 saturated carbocycles. The lowest BCUT2D eigenvalue weighted by atomic mass is 9.92. The first-order valence-electron chi connectivity index (χ1n) is 11.3. The molecule has 0 fully saturated rings. The van der Waals surface area contributed by atoms with Gasteiger partial charge in [0.05, 0.1) is 29.1 Å². The molecule has 1 aromatic carbocycles. The zero-order valence-corrected chi connectivity index (χ0v) is 22.5. The molecule has 0 radical (unpaired) electrons. The Labute approximate surface area is 216 Å². The summed E-state index contributed by atoms with van der Waals surface area (Å²) in [5.74, 6) is -1.22. The van der Waals surface area contributed by atoms with Crippen molar-refractivity contribution in [2.75, 3.05) is 6.54 Å². The van der Waals surface area contributed by atoms with Crippen LogP contribution < -0.4 is 10.0 Å². The smallest absolute Gasteiger partial charge is 0.264 e. The number of amides is 2. The van der Waals surface area contributed by atoms with E-state index in [4.69, 9.17) is 11.6 Å². The number of hydrogen-bond donors (Lipinski definition) is 3. The lowest BCUT2D eigenvalue weighted by molar-refractivity contribution is -0.125. The van der Waals surface area contributed by atoms with Crippen molar-refractivity contribution in [3.63, 3.8) is 0 Å². The summed E-state index contributed by atoms with van der Waals surface area (Å²) in [6, 6.07) is 5.70. The molecular formula is C23H31ClN4O5S2. The van der Waals surface area contributed by atoms with Crippen molar-refractivity contribution < 1.29 is 22.8 Å². The van der Waals surface area contributed by atoms with Crippen LogP contribution in [0.25, 0.3) is 0 Å². The maximum atomic E-state index is 12.7. The molecular weight excluding hydrogens is 512 g/mol. The van der Waals surface area contributed by atoms with Gasteiger partial charge in [0, 0.05) is 0 Å². The topological polar surface area (TPSA) is 127 Å². The van der Waals surface area contributed by atoms with Crippen molar-refractivity contribution in [3.05, 3.63) is 47.0 Å². The van der Waals surface area contributed by atoms with Gasteiger partial charge in [-0.3, -0.25) is 14.4 Å². The minimum atomic E-state index is -4.16. The average Bonchev–Trinajstić information content (AvgIpc) is 3.21. The Morgan fingerprint density at radius 3 is 2.29 bits per heavy atom. The fourth-order valence-corrected chi connectivity index (χ4v) is 4.98. The van der Waals surface area contributed by atoms with E-state index in [0.29, 0.717) is 6.29 Å². The molecule has 0 spiro atoms. The molecule has 1 aromatic heterocycles. The number of thiol groups is 1. The van der Waals surface area contributed by atoms with Crippen molar-refractivity contribution in [2.45, 2.75) is 56.7 Å². The number of nitrogens with zero attached hydrogens (tertiary/aromatic N) is 2. The standard InChI is InChI=1S/C23H31ClN4O5S2/c1-5-14(3)20(28-13-26-22(24)18(28)12-29)16-7-9-17(10-8-16)35(32,33)27-19(30)11-25-23(31)21(34)15(4)6-2/h7-10,12-15,20-21,34H,5-6,11H2,1-4H3,(H,25,31)(H,27,30). The van der Waals surface area contributed by atoms with Crippen LogP contribution in [0.15, 0.2) is 35.5 Å². The Hall–Kier alpha value is -2.37. The Kier molecular flexibility index (Phi) is 10.3. The maximum Gasteiger partial charge on any atom is 0.264 e. The fraction of sp³-hybridized carbons (Fsp3) is 0.478. The van der Waals surface area contributed by atoms with Crippen LogP contribution in [-0.4, -0.2) is 47.9 Å². The predicted octanol–water partition coefficient (Wildman–Crippen LogP) is 3.25. The van der Waals surface area contributed by atoms with E-state index in [1.54, 1.807) is 16.7 Å². The van der Waals surface area contributed by atoms with E-state index in [-0.39, 0.29) is 33.6 Å². The minimum absolute atomic E-state index is 0.00357. The van der Waals surface area contributed by atoms with Crippen LogP contribution in [0.4, 0.5) is 0 Å². The highest BCUT2D eigenvalue weighted by Crippen LogP contribution is 2.32. The van der Waals surface area contributed by atoms with Gasteiger partial charge in [-0.05, 0) is 29.5 Å². The van der Waals surface area contributed by atoms with Gasteiger partial charge in [0.1, 0.15) is 5.69 Å². The number of imidazole rings is 1. The lowest BCUT2D eigenvalue weighted by Gasteiger charge is -2.26. The summed E-state index contributed by atoms with van der Waals surface area (Å²) in [6.07, 6.45) is 3.64.